The predicted octanol–water partition coefficient (Wildman–Crippen LogP) is 2.26. The van der Waals surface area contributed by atoms with Crippen molar-refractivity contribution in [2.45, 2.75) is 31.7 Å². The van der Waals surface area contributed by atoms with Gasteiger partial charge in [0, 0.05) is 13.1 Å². The Bertz CT molecular complexity index is 530. The van der Waals surface area contributed by atoms with Gasteiger partial charge < -0.3 is 16.0 Å². The number of carbonyl (C=O) groups excluding carboxylic acids is 2. The van der Waals surface area contributed by atoms with Crippen molar-refractivity contribution in [3.63, 3.8) is 0 Å². The van der Waals surface area contributed by atoms with Crippen LogP contribution in [0.3, 0.4) is 0 Å². The lowest BCUT2D eigenvalue weighted by molar-refractivity contribution is -0.134. The van der Waals surface area contributed by atoms with E-state index >= 15 is 0 Å². The van der Waals surface area contributed by atoms with Gasteiger partial charge in [-0.1, -0.05) is 30.3 Å². The molecule has 0 saturated carbocycles. The van der Waals surface area contributed by atoms with Gasteiger partial charge in [0.1, 0.15) is 6.04 Å². The third-order valence-corrected chi connectivity index (χ3v) is 5.16. The number of nitrogens with one attached hydrogen (secondary N) is 1. The summed E-state index contributed by atoms with van der Waals surface area (Å²) in [6.07, 6.45) is 5.69. The molecular weight excluding hydrogens is 322 g/mol. The van der Waals surface area contributed by atoms with Crippen molar-refractivity contribution < 1.29 is 9.59 Å². The minimum Gasteiger partial charge on any atom is -0.352 e. The summed E-state index contributed by atoms with van der Waals surface area (Å²) < 4.78 is 0. The molecule has 0 radical (unpaired) electrons. The van der Waals surface area contributed by atoms with Crippen LogP contribution in [0.2, 0.25) is 0 Å². The first-order valence-corrected chi connectivity index (χ1v) is 9.87. The Balaban J connectivity index is 1.85. The maximum atomic E-state index is 12.7. The van der Waals surface area contributed by atoms with Gasteiger partial charge in [-0.2, -0.15) is 11.8 Å². The molecule has 24 heavy (non-hydrogen) atoms. The van der Waals surface area contributed by atoms with Gasteiger partial charge in [-0.25, -0.2) is 4.79 Å². The second-order valence-electron chi connectivity index (χ2n) is 6.30. The van der Waals surface area contributed by atoms with E-state index in [0.29, 0.717) is 12.3 Å². The summed E-state index contributed by atoms with van der Waals surface area (Å²) in [6, 6.07) is 9.36. The molecule has 2 rings (SSSR count). The molecule has 3 N–H and O–H groups in total. The zero-order chi connectivity index (χ0) is 17.4. The number of benzene rings is 1. The summed E-state index contributed by atoms with van der Waals surface area (Å²) in [5.74, 6) is 1.44. The molecule has 0 aromatic heterocycles. The normalized spacial score (nSPS) is 16.6. The van der Waals surface area contributed by atoms with E-state index in [0.717, 1.165) is 38.1 Å². The number of nitrogens with zero attached hydrogens (tertiary/aromatic N) is 1. The van der Waals surface area contributed by atoms with Gasteiger partial charge in [-0.05, 0) is 49.2 Å². The summed E-state index contributed by atoms with van der Waals surface area (Å²) in [4.78, 5) is 25.7. The van der Waals surface area contributed by atoms with Crippen molar-refractivity contribution in [1.29, 1.82) is 0 Å². The number of rotatable bonds is 7. The van der Waals surface area contributed by atoms with Crippen molar-refractivity contribution >= 4 is 23.7 Å². The minimum absolute atomic E-state index is 0.000936. The lowest BCUT2D eigenvalue weighted by atomic mass is 9.90. The molecule has 1 atom stereocenters. The van der Waals surface area contributed by atoms with Gasteiger partial charge in [-0.15, -0.1) is 0 Å². The van der Waals surface area contributed by atoms with E-state index in [1.807, 2.05) is 17.2 Å². The predicted molar refractivity (Wildman–Crippen MR) is 99.0 cm³/mol. The zero-order valence-electron chi connectivity index (χ0n) is 14.2. The third kappa shape index (κ3) is 5.74. The Kier molecular flexibility index (Phi) is 7.43. The van der Waals surface area contributed by atoms with Crippen molar-refractivity contribution in [1.82, 2.24) is 10.2 Å². The summed E-state index contributed by atoms with van der Waals surface area (Å²) in [5.41, 5.74) is 6.57. The SMILES string of the molecule is CSCC[C@@H](NC(N)=O)C(=O)N1CCC(Cc2ccccc2)CC1. The molecule has 1 saturated heterocycles. The second kappa shape index (κ2) is 9.57. The van der Waals surface area contributed by atoms with E-state index in [1.165, 1.54) is 5.56 Å². The highest BCUT2D eigenvalue weighted by Crippen LogP contribution is 2.22. The number of amides is 3. The molecule has 3 amide bonds. The summed E-state index contributed by atoms with van der Waals surface area (Å²) in [7, 11) is 0. The van der Waals surface area contributed by atoms with E-state index < -0.39 is 12.1 Å². The number of likely N-dealkylation sites (tertiary alicyclic amines) is 1. The van der Waals surface area contributed by atoms with Crippen molar-refractivity contribution in [2.24, 2.45) is 11.7 Å². The quantitative estimate of drug-likeness (QED) is 0.793. The molecular formula is C18H27N3O2S. The molecule has 0 spiro atoms. The fourth-order valence-corrected chi connectivity index (χ4v) is 3.66. The van der Waals surface area contributed by atoms with Crippen LogP contribution in [0.1, 0.15) is 24.8 Å². The number of thioether (sulfide) groups is 1. The number of primary amides is 1. The van der Waals surface area contributed by atoms with E-state index in [2.05, 4.69) is 29.6 Å². The molecule has 0 unspecified atom stereocenters. The Morgan fingerprint density at radius 3 is 2.54 bits per heavy atom. The average Bonchev–Trinajstić information content (AvgIpc) is 2.59. The van der Waals surface area contributed by atoms with Gasteiger partial charge in [0.2, 0.25) is 5.91 Å². The van der Waals surface area contributed by atoms with E-state index in [9.17, 15) is 9.59 Å². The number of hydrogen-bond acceptors (Lipinski definition) is 3. The molecule has 1 aromatic carbocycles. The molecule has 1 heterocycles. The average molecular weight is 350 g/mol. The van der Waals surface area contributed by atoms with E-state index in [1.54, 1.807) is 11.8 Å². The number of urea groups is 1. The maximum absolute atomic E-state index is 12.7. The fraction of sp³-hybridized carbons (Fsp3) is 0.556. The Morgan fingerprint density at radius 1 is 1.29 bits per heavy atom. The first-order valence-electron chi connectivity index (χ1n) is 8.47. The Morgan fingerprint density at radius 2 is 1.96 bits per heavy atom. The van der Waals surface area contributed by atoms with Gasteiger partial charge in [0.15, 0.2) is 0 Å². The number of hydrogen-bond donors (Lipinski definition) is 2. The lowest BCUT2D eigenvalue weighted by Gasteiger charge is -2.34. The second-order valence-corrected chi connectivity index (χ2v) is 7.29. The summed E-state index contributed by atoms with van der Waals surface area (Å²) in [5, 5.41) is 2.60. The smallest absolute Gasteiger partial charge is 0.312 e. The molecule has 1 aliphatic rings. The van der Waals surface area contributed by atoms with Gasteiger partial charge >= 0.3 is 6.03 Å². The highest BCUT2D eigenvalue weighted by Gasteiger charge is 2.28. The highest BCUT2D eigenvalue weighted by molar-refractivity contribution is 7.98. The molecule has 1 aromatic rings. The van der Waals surface area contributed by atoms with E-state index in [-0.39, 0.29) is 5.91 Å². The topological polar surface area (TPSA) is 75.4 Å². The van der Waals surface area contributed by atoms with Crippen LogP contribution >= 0.6 is 11.8 Å². The van der Waals surface area contributed by atoms with Gasteiger partial charge in [0.25, 0.3) is 0 Å². The molecule has 6 heteroatoms. The van der Waals surface area contributed by atoms with Gasteiger partial charge in [0.05, 0.1) is 0 Å². The van der Waals surface area contributed by atoms with Crippen molar-refractivity contribution in [3.8, 4) is 0 Å². The van der Waals surface area contributed by atoms with Gasteiger partial charge in [-0.3, -0.25) is 4.79 Å². The maximum Gasteiger partial charge on any atom is 0.312 e. The van der Waals surface area contributed by atoms with E-state index in [4.69, 9.17) is 5.73 Å². The van der Waals surface area contributed by atoms with Crippen LogP contribution in [-0.2, 0) is 11.2 Å². The monoisotopic (exact) mass is 349 g/mol. The number of nitrogens with two attached hydrogens (primary N) is 1. The molecule has 5 nitrogen and oxygen atoms in total. The minimum atomic E-state index is -0.631. The van der Waals surface area contributed by atoms with Crippen LogP contribution in [0, 0.1) is 5.92 Å². The summed E-state index contributed by atoms with van der Waals surface area (Å²) in [6.45, 7) is 1.51. The lowest BCUT2D eigenvalue weighted by Crippen LogP contribution is -2.52. The zero-order valence-corrected chi connectivity index (χ0v) is 15.1. The van der Waals surface area contributed by atoms with Crippen LogP contribution < -0.4 is 11.1 Å². The molecule has 132 valence electrons. The fourth-order valence-electron chi connectivity index (χ4n) is 3.19. The molecule has 1 aliphatic heterocycles. The third-order valence-electron chi connectivity index (χ3n) is 4.52. The first-order chi connectivity index (χ1) is 11.6. The molecule has 0 bridgehead atoms. The van der Waals surface area contributed by atoms with Crippen LogP contribution in [0.25, 0.3) is 0 Å². The van der Waals surface area contributed by atoms with Crippen LogP contribution in [0.15, 0.2) is 30.3 Å². The Labute approximate surface area is 148 Å². The van der Waals surface area contributed by atoms with Crippen LogP contribution in [-0.4, -0.2) is 48.0 Å². The number of piperidine rings is 1. The Hall–Kier alpha value is -1.69. The highest BCUT2D eigenvalue weighted by atomic mass is 32.2. The first kappa shape index (κ1) is 18.6. The number of carbonyl (C=O) groups is 2. The summed E-state index contributed by atoms with van der Waals surface area (Å²) >= 11 is 1.66. The largest absolute Gasteiger partial charge is 0.352 e. The molecule has 0 aliphatic carbocycles. The van der Waals surface area contributed by atoms with Crippen molar-refractivity contribution in [2.75, 3.05) is 25.1 Å². The standard InChI is InChI=1S/C18H27N3O2S/c1-24-12-9-16(20-18(19)23)17(22)21-10-7-15(8-11-21)13-14-5-3-2-4-6-14/h2-6,15-16H,7-13H2,1H3,(H3,19,20,23)/t16-/m1/s1. The van der Waals surface area contributed by atoms with Crippen LogP contribution in [0.5, 0.6) is 0 Å². The van der Waals surface area contributed by atoms with Crippen LogP contribution in [0.4, 0.5) is 4.79 Å². The van der Waals surface area contributed by atoms with Crippen molar-refractivity contribution in [3.05, 3.63) is 35.9 Å². The molecule has 1 fully saturated rings.